The minimum Gasteiger partial charge on any atom is -0.316 e. The maximum absolute atomic E-state index is 8.48. The maximum atomic E-state index is 8.48. The molecule has 0 unspecified atom stereocenters. The Morgan fingerprint density at radius 2 is 2.15 bits per heavy atom. The van der Waals surface area contributed by atoms with Crippen molar-refractivity contribution in [3.05, 3.63) is 0 Å². The van der Waals surface area contributed by atoms with Gasteiger partial charge in [-0.2, -0.15) is 5.26 Å². The van der Waals surface area contributed by atoms with E-state index < -0.39 is 0 Å². The molecule has 0 radical (unpaired) electrons. The van der Waals surface area contributed by atoms with Gasteiger partial charge in [-0.15, -0.1) is 0 Å². The van der Waals surface area contributed by atoms with Crippen molar-refractivity contribution in [2.45, 2.75) is 39.5 Å². The average molecular weight is 180 g/mol. The summed E-state index contributed by atoms with van der Waals surface area (Å²) in [6.07, 6.45) is 4.50. The third kappa shape index (κ3) is 4.90. The molecule has 0 amide bonds. The molecule has 0 aromatic rings. The Hall–Kier alpha value is -0.550. The molecule has 0 spiro atoms. The van der Waals surface area contributed by atoms with E-state index in [1.807, 2.05) is 0 Å². The Balaban J connectivity index is 2.05. The molecule has 0 atom stereocenters. The van der Waals surface area contributed by atoms with E-state index in [4.69, 9.17) is 5.26 Å². The zero-order valence-corrected chi connectivity index (χ0v) is 8.77. The van der Waals surface area contributed by atoms with E-state index in [0.717, 1.165) is 18.9 Å². The lowest BCUT2D eigenvalue weighted by Crippen LogP contribution is -2.30. The Labute approximate surface area is 81.3 Å². The fourth-order valence-electron chi connectivity index (χ4n) is 1.42. The number of hydrogen-bond acceptors (Lipinski definition) is 2. The smallest absolute Gasteiger partial charge is 0.0621 e. The van der Waals surface area contributed by atoms with Gasteiger partial charge in [0.2, 0.25) is 0 Å². The number of nitriles is 1. The van der Waals surface area contributed by atoms with E-state index in [0.29, 0.717) is 6.42 Å². The number of hydrogen-bond donors (Lipinski definition) is 1. The molecule has 0 bridgehead atoms. The van der Waals surface area contributed by atoms with Crippen molar-refractivity contribution in [1.82, 2.24) is 5.32 Å². The molecule has 0 aliphatic heterocycles. The lowest BCUT2D eigenvalue weighted by molar-refractivity contribution is 0.316. The quantitative estimate of drug-likeness (QED) is 0.681. The van der Waals surface area contributed by atoms with Crippen molar-refractivity contribution in [2.75, 3.05) is 13.1 Å². The van der Waals surface area contributed by atoms with Crippen LogP contribution in [0.25, 0.3) is 0 Å². The molecule has 1 rings (SSSR count). The summed E-state index contributed by atoms with van der Waals surface area (Å²) in [5, 5.41) is 12.0. The predicted molar refractivity (Wildman–Crippen MR) is 54.2 cm³/mol. The molecule has 74 valence electrons. The molecule has 0 aromatic carbocycles. The largest absolute Gasteiger partial charge is 0.316 e. The van der Waals surface area contributed by atoms with Crippen molar-refractivity contribution < 1.29 is 0 Å². The molecule has 0 saturated heterocycles. The van der Waals surface area contributed by atoms with E-state index >= 15 is 0 Å². The van der Waals surface area contributed by atoms with E-state index in [1.54, 1.807) is 0 Å². The number of nitrogens with one attached hydrogen (secondary N) is 1. The number of rotatable bonds is 6. The fraction of sp³-hybridized carbons (Fsp3) is 0.909. The second kappa shape index (κ2) is 4.62. The van der Waals surface area contributed by atoms with Crippen LogP contribution in [0.3, 0.4) is 0 Å². The van der Waals surface area contributed by atoms with Crippen molar-refractivity contribution >= 4 is 0 Å². The van der Waals surface area contributed by atoms with E-state index in [1.165, 1.54) is 19.4 Å². The van der Waals surface area contributed by atoms with E-state index in [-0.39, 0.29) is 5.41 Å². The van der Waals surface area contributed by atoms with Gasteiger partial charge in [0.1, 0.15) is 0 Å². The van der Waals surface area contributed by atoms with Crippen LogP contribution in [0.5, 0.6) is 0 Å². The van der Waals surface area contributed by atoms with Gasteiger partial charge in [0.15, 0.2) is 0 Å². The van der Waals surface area contributed by atoms with Crippen LogP contribution in [-0.2, 0) is 0 Å². The van der Waals surface area contributed by atoms with Gasteiger partial charge in [-0.05, 0) is 37.1 Å². The monoisotopic (exact) mass is 180 g/mol. The molecule has 0 heterocycles. The Bertz CT molecular complexity index is 187. The van der Waals surface area contributed by atoms with Gasteiger partial charge in [-0.25, -0.2) is 0 Å². The molecule has 2 nitrogen and oxygen atoms in total. The molecule has 1 fully saturated rings. The van der Waals surface area contributed by atoms with Gasteiger partial charge in [-0.3, -0.25) is 0 Å². The third-order valence-electron chi connectivity index (χ3n) is 2.65. The van der Waals surface area contributed by atoms with E-state index in [9.17, 15) is 0 Å². The highest BCUT2D eigenvalue weighted by molar-refractivity contribution is 4.81. The second-order valence-electron chi connectivity index (χ2n) is 4.90. The standard InChI is InChI=1S/C11H20N2/c1-11(2,6-3-7-12)9-13-8-10-4-5-10/h10,13H,3-6,8-9H2,1-2H3. The molecule has 13 heavy (non-hydrogen) atoms. The summed E-state index contributed by atoms with van der Waals surface area (Å²) < 4.78 is 0. The Morgan fingerprint density at radius 1 is 1.46 bits per heavy atom. The molecule has 1 aliphatic rings. The molecule has 0 aromatic heterocycles. The van der Waals surface area contributed by atoms with Crippen LogP contribution in [0.4, 0.5) is 0 Å². The van der Waals surface area contributed by atoms with Gasteiger partial charge >= 0.3 is 0 Å². The first-order valence-electron chi connectivity index (χ1n) is 5.22. The summed E-state index contributed by atoms with van der Waals surface area (Å²) in [7, 11) is 0. The lowest BCUT2D eigenvalue weighted by Gasteiger charge is -2.23. The van der Waals surface area contributed by atoms with Crippen molar-refractivity contribution in [1.29, 1.82) is 5.26 Å². The van der Waals surface area contributed by atoms with Crippen LogP contribution >= 0.6 is 0 Å². The summed E-state index contributed by atoms with van der Waals surface area (Å²) >= 11 is 0. The Kier molecular flexibility index (Phi) is 3.74. The van der Waals surface area contributed by atoms with Crippen LogP contribution < -0.4 is 5.32 Å². The summed E-state index contributed by atoms with van der Waals surface area (Å²) in [6.45, 7) is 6.68. The summed E-state index contributed by atoms with van der Waals surface area (Å²) in [6, 6.07) is 2.21. The minimum absolute atomic E-state index is 0.282. The van der Waals surface area contributed by atoms with Gasteiger partial charge in [0.05, 0.1) is 6.07 Å². The first-order valence-corrected chi connectivity index (χ1v) is 5.22. The highest BCUT2D eigenvalue weighted by Gasteiger charge is 2.22. The lowest BCUT2D eigenvalue weighted by atomic mass is 9.88. The fourth-order valence-corrected chi connectivity index (χ4v) is 1.42. The predicted octanol–water partition coefficient (Wildman–Crippen LogP) is 2.32. The molecule has 1 saturated carbocycles. The topological polar surface area (TPSA) is 35.8 Å². The zero-order chi connectivity index (χ0) is 9.73. The zero-order valence-electron chi connectivity index (χ0n) is 8.77. The minimum atomic E-state index is 0.282. The van der Waals surface area contributed by atoms with Gasteiger partial charge in [0.25, 0.3) is 0 Å². The van der Waals surface area contributed by atoms with E-state index in [2.05, 4.69) is 25.2 Å². The summed E-state index contributed by atoms with van der Waals surface area (Å²) in [5.41, 5.74) is 0.282. The summed E-state index contributed by atoms with van der Waals surface area (Å²) in [4.78, 5) is 0. The maximum Gasteiger partial charge on any atom is 0.0621 e. The van der Waals surface area contributed by atoms with Gasteiger partial charge < -0.3 is 5.32 Å². The van der Waals surface area contributed by atoms with Crippen molar-refractivity contribution in [3.8, 4) is 6.07 Å². The summed E-state index contributed by atoms with van der Waals surface area (Å²) in [5.74, 6) is 0.951. The first kappa shape index (κ1) is 10.5. The second-order valence-corrected chi connectivity index (χ2v) is 4.90. The molecule has 1 aliphatic carbocycles. The highest BCUT2D eigenvalue weighted by atomic mass is 14.9. The van der Waals surface area contributed by atoms with Crippen LogP contribution in [0.15, 0.2) is 0 Å². The molecule has 1 N–H and O–H groups in total. The SMILES string of the molecule is CC(C)(CCC#N)CNCC1CC1. The van der Waals surface area contributed by atoms with Gasteiger partial charge in [-0.1, -0.05) is 13.8 Å². The van der Waals surface area contributed by atoms with Crippen molar-refractivity contribution in [3.63, 3.8) is 0 Å². The molecular formula is C11H20N2. The molecule has 2 heteroatoms. The normalized spacial score (nSPS) is 17.0. The Morgan fingerprint density at radius 3 is 2.69 bits per heavy atom. The van der Waals surface area contributed by atoms with Crippen LogP contribution in [0.2, 0.25) is 0 Å². The highest BCUT2D eigenvalue weighted by Crippen LogP contribution is 2.28. The van der Waals surface area contributed by atoms with Crippen LogP contribution in [0, 0.1) is 22.7 Å². The third-order valence-corrected chi connectivity index (χ3v) is 2.65. The van der Waals surface area contributed by atoms with Crippen LogP contribution in [-0.4, -0.2) is 13.1 Å². The average Bonchev–Trinajstić information content (AvgIpc) is 2.84. The van der Waals surface area contributed by atoms with Gasteiger partial charge in [0, 0.05) is 13.0 Å². The van der Waals surface area contributed by atoms with Crippen LogP contribution in [0.1, 0.15) is 39.5 Å². The molecular weight excluding hydrogens is 160 g/mol. The number of nitrogens with zero attached hydrogens (tertiary/aromatic N) is 1. The first-order chi connectivity index (χ1) is 6.14. The van der Waals surface area contributed by atoms with Crippen molar-refractivity contribution in [2.24, 2.45) is 11.3 Å².